The fourth-order valence-corrected chi connectivity index (χ4v) is 3.31. The van der Waals surface area contributed by atoms with Gasteiger partial charge in [0.2, 0.25) is 0 Å². The molecule has 0 saturated carbocycles. The molecule has 7 nitrogen and oxygen atoms in total. The lowest BCUT2D eigenvalue weighted by atomic mass is 10.1. The van der Waals surface area contributed by atoms with E-state index in [1.54, 1.807) is 41.6 Å². The minimum Gasteiger partial charge on any atom is -0.368 e. The molecule has 1 atom stereocenters. The molecule has 0 radical (unpaired) electrons. The topological polar surface area (TPSA) is 87.3 Å². The smallest absolute Gasteiger partial charge is 0.272 e. The van der Waals surface area contributed by atoms with Crippen LogP contribution in [0.2, 0.25) is 0 Å². The predicted octanol–water partition coefficient (Wildman–Crippen LogP) is 3.18. The molecule has 1 unspecified atom stereocenters. The number of nitrogens with zero attached hydrogens (tertiary/aromatic N) is 2. The van der Waals surface area contributed by atoms with Crippen LogP contribution in [0.1, 0.15) is 38.2 Å². The zero-order valence-electron chi connectivity index (χ0n) is 16.1. The van der Waals surface area contributed by atoms with Crippen molar-refractivity contribution in [3.05, 3.63) is 83.4 Å². The Balaban J connectivity index is 1.50. The van der Waals surface area contributed by atoms with Gasteiger partial charge in [-0.2, -0.15) is 0 Å². The molecule has 2 amide bonds. The number of nitrogens with one attached hydrogen (secondary N) is 2. The van der Waals surface area contributed by atoms with E-state index in [1.165, 1.54) is 0 Å². The fraction of sp³-hybridized carbons (Fsp3) is 0.227. The summed E-state index contributed by atoms with van der Waals surface area (Å²) in [5.74, 6) is -0.339. The Hall–Kier alpha value is -3.45. The number of morpholine rings is 1. The number of hydrogen-bond donors (Lipinski definition) is 2. The van der Waals surface area contributed by atoms with Gasteiger partial charge in [0.15, 0.2) is 0 Å². The van der Waals surface area contributed by atoms with Crippen molar-refractivity contribution in [3.8, 4) is 0 Å². The summed E-state index contributed by atoms with van der Waals surface area (Å²) in [6, 6.07) is 14.5. The maximum Gasteiger partial charge on any atom is 0.272 e. The summed E-state index contributed by atoms with van der Waals surface area (Å²) in [5, 5.41) is 2.87. The summed E-state index contributed by atoms with van der Waals surface area (Å²) in [6.45, 7) is 3.30. The number of H-pyrrole nitrogens is 1. The minimum atomic E-state index is -0.246. The van der Waals surface area contributed by atoms with E-state index in [1.807, 2.05) is 31.2 Å². The monoisotopic (exact) mass is 390 g/mol. The van der Waals surface area contributed by atoms with Crippen LogP contribution in [0.4, 0.5) is 5.69 Å². The highest BCUT2D eigenvalue weighted by molar-refractivity contribution is 6.04. The zero-order chi connectivity index (χ0) is 20.2. The van der Waals surface area contributed by atoms with Crippen LogP contribution >= 0.6 is 0 Å². The molecule has 4 rings (SSSR count). The van der Waals surface area contributed by atoms with Gasteiger partial charge >= 0.3 is 0 Å². The molecule has 2 N–H and O–H groups in total. The van der Waals surface area contributed by atoms with Crippen molar-refractivity contribution in [3.63, 3.8) is 0 Å². The summed E-state index contributed by atoms with van der Waals surface area (Å²) in [5.41, 5.74) is 3.30. The third-order valence-electron chi connectivity index (χ3n) is 4.95. The lowest BCUT2D eigenvalue weighted by molar-refractivity contribution is -0.0247. The second kappa shape index (κ2) is 8.28. The van der Waals surface area contributed by atoms with Crippen LogP contribution in [0.5, 0.6) is 0 Å². The molecule has 0 spiro atoms. The van der Waals surface area contributed by atoms with Gasteiger partial charge < -0.3 is 19.9 Å². The number of benzene rings is 1. The SMILES string of the molecule is Cc1ccc(C(=O)N2CCOC(c3ccccn3)C2)cc1NC(=O)c1ccc[nH]1. The van der Waals surface area contributed by atoms with Gasteiger partial charge in [0, 0.05) is 30.2 Å². The van der Waals surface area contributed by atoms with Crippen molar-refractivity contribution in [2.45, 2.75) is 13.0 Å². The first-order valence-corrected chi connectivity index (χ1v) is 9.49. The average molecular weight is 390 g/mol. The van der Waals surface area contributed by atoms with E-state index in [9.17, 15) is 9.59 Å². The van der Waals surface area contributed by atoms with Gasteiger partial charge in [-0.15, -0.1) is 0 Å². The van der Waals surface area contributed by atoms with Gasteiger partial charge in [-0.1, -0.05) is 12.1 Å². The zero-order valence-corrected chi connectivity index (χ0v) is 16.1. The summed E-state index contributed by atoms with van der Waals surface area (Å²) in [7, 11) is 0. The molecule has 1 saturated heterocycles. The number of aryl methyl sites for hydroxylation is 1. The molecule has 1 aliphatic rings. The van der Waals surface area contributed by atoms with Crippen molar-refractivity contribution in [1.82, 2.24) is 14.9 Å². The van der Waals surface area contributed by atoms with Gasteiger partial charge in [0.25, 0.3) is 11.8 Å². The number of rotatable bonds is 4. The molecule has 1 aliphatic heterocycles. The van der Waals surface area contributed by atoms with E-state index in [0.29, 0.717) is 36.6 Å². The molecule has 29 heavy (non-hydrogen) atoms. The molecule has 2 aromatic heterocycles. The first-order valence-electron chi connectivity index (χ1n) is 9.49. The third-order valence-corrected chi connectivity index (χ3v) is 4.95. The first kappa shape index (κ1) is 18.9. The number of aromatic amines is 1. The number of aromatic nitrogens is 2. The molecule has 3 heterocycles. The van der Waals surface area contributed by atoms with Crippen molar-refractivity contribution in [2.75, 3.05) is 25.0 Å². The molecular formula is C22H22N4O3. The summed E-state index contributed by atoms with van der Waals surface area (Å²) < 4.78 is 5.80. The average Bonchev–Trinajstić information content (AvgIpc) is 3.31. The molecule has 1 aromatic carbocycles. The van der Waals surface area contributed by atoms with E-state index in [0.717, 1.165) is 11.3 Å². The second-order valence-corrected chi connectivity index (χ2v) is 6.93. The number of pyridine rings is 1. The van der Waals surface area contributed by atoms with E-state index in [2.05, 4.69) is 15.3 Å². The van der Waals surface area contributed by atoms with E-state index in [-0.39, 0.29) is 17.9 Å². The number of hydrogen-bond acceptors (Lipinski definition) is 4. The Kier molecular flexibility index (Phi) is 5.39. The van der Waals surface area contributed by atoms with Gasteiger partial charge in [-0.25, -0.2) is 0 Å². The summed E-state index contributed by atoms with van der Waals surface area (Å²) >= 11 is 0. The maximum atomic E-state index is 13.1. The lowest BCUT2D eigenvalue weighted by Gasteiger charge is -2.32. The van der Waals surface area contributed by atoms with Crippen LogP contribution < -0.4 is 5.32 Å². The molecule has 148 valence electrons. The Labute approximate surface area is 168 Å². The first-order chi connectivity index (χ1) is 14.1. The quantitative estimate of drug-likeness (QED) is 0.716. The van der Waals surface area contributed by atoms with Gasteiger partial charge in [-0.05, 0) is 48.9 Å². The van der Waals surface area contributed by atoms with Crippen molar-refractivity contribution in [2.24, 2.45) is 0 Å². The van der Waals surface area contributed by atoms with Crippen LogP contribution in [0.3, 0.4) is 0 Å². The fourth-order valence-electron chi connectivity index (χ4n) is 3.31. The maximum absolute atomic E-state index is 13.1. The van der Waals surface area contributed by atoms with Crippen molar-refractivity contribution >= 4 is 17.5 Å². The highest BCUT2D eigenvalue weighted by Crippen LogP contribution is 2.23. The summed E-state index contributed by atoms with van der Waals surface area (Å²) in [4.78, 5) is 34.4. The van der Waals surface area contributed by atoms with Crippen LogP contribution in [-0.2, 0) is 4.74 Å². The van der Waals surface area contributed by atoms with E-state index in [4.69, 9.17) is 4.74 Å². The lowest BCUT2D eigenvalue weighted by Crippen LogP contribution is -2.42. The molecule has 1 fully saturated rings. The van der Waals surface area contributed by atoms with Crippen LogP contribution in [-0.4, -0.2) is 46.4 Å². The van der Waals surface area contributed by atoms with Crippen molar-refractivity contribution < 1.29 is 14.3 Å². The Morgan fingerprint density at radius 3 is 2.86 bits per heavy atom. The Morgan fingerprint density at radius 1 is 1.21 bits per heavy atom. The number of carbonyl (C=O) groups is 2. The van der Waals surface area contributed by atoms with Gasteiger partial charge in [0.05, 0.1) is 18.8 Å². The molecule has 0 aliphatic carbocycles. The highest BCUT2D eigenvalue weighted by atomic mass is 16.5. The molecular weight excluding hydrogens is 368 g/mol. The normalized spacial score (nSPS) is 16.4. The summed E-state index contributed by atoms with van der Waals surface area (Å²) in [6.07, 6.45) is 3.17. The predicted molar refractivity (Wildman–Crippen MR) is 109 cm³/mol. The largest absolute Gasteiger partial charge is 0.368 e. The van der Waals surface area contributed by atoms with Gasteiger partial charge in [-0.3, -0.25) is 14.6 Å². The van der Waals surface area contributed by atoms with Gasteiger partial charge in [0.1, 0.15) is 11.8 Å². The van der Waals surface area contributed by atoms with Crippen LogP contribution in [0.25, 0.3) is 0 Å². The Bertz CT molecular complexity index is 1000. The number of anilines is 1. The highest BCUT2D eigenvalue weighted by Gasteiger charge is 2.27. The van der Waals surface area contributed by atoms with E-state index < -0.39 is 0 Å². The number of amides is 2. The van der Waals surface area contributed by atoms with Crippen molar-refractivity contribution in [1.29, 1.82) is 0 Å². The molecule has 3 aromatic rings. The second-order valence-electron chi connectivity index (χ2n) is 6.93. The number of ether oxygens (including phenoxy) is 1. The van der Waals surface area contributed by atoms with E-state index >= 15 is 0 Å². The Morgan fingerprint density at radius 2 is 2.10 bits per heavy atom. The number of carbonyl (C=O) groups excluding carboxylic acids is 2. The van der Waals surface area contributed by atoms with Crippen LogP contribution in [0, 0.1) is 6.92 Å². The standard InChI is InChI=1S/C22H22N4O3/c1-15-7-8-16(13-19(15)25-21(27)18-6-4-10-24-18)22(28)26-11-12-29-20(14-26)17-5-2-3-9-23-17/h2-10,13,20,24H,11-12,14H2,1H3,(H,25,27). The third kappa shape index (κ3) is 4.20. The molecule has 0 bridgehead atoms. The van der Waals surface area contributed by atoms with Crippen LogP contribution in [0.15, 0.2) is 60.9 Å². The minimum absolute atomic E-state index is 0.0930. The molecule has 7 heteroatoms.